The topological polar surface area (TPSA) is 37.0 Å². The number of halogens is 1. The third kappa shape index (κ3) is 3.93. The van der Waals surface area contributed by atoms with Gasteiger partial charge in [-0.15, -0.1) is 0 Å². The highest BCUT2D eigenvalue weighted by Crippen LogP contribution is 2.23. The van der Waals surface area contributed by atoms with Gasteiger partial charge in [0.25, 0.3) is 0 Å². The summed E-state index contributed by atoms with van der Waals surface area (Å²) in [6.45, 7) is 4.27. The largest absolute Gasteiger partial charge is 0.332 e. The molecule has 1 aromatic heterocycles. The van der Waals surface area contributed by atoms with Gasteiger partial charge in [-0.05, 0) is 48.3 Å². The summed E-state index contributed by atoms with van der Waals surface area (Å²) in [4.78, 5) is 4.02. The number of nitrogens with one attached hydrogen (secondary N) is 2. The van der Waals surface area contributed by atoms with Crippen LogP contribution >= 0.6 is 23.8 Å². The highest BCUT2D eigenvalue weighted by molar-refractivity contribution is 7.80. The van der Waals surface area contributed by atoms with Crippen molar-refractivity contribution in [2.24, 2.45) is 0 Å². The van der Waals surface area contributed by atoms with Crippen molar-refractivity contribution in [2.45, 2.75) is 26.7 Å². The van der Waals surface area contributed by atoms with E-state index in [-0.39, 0.29) is 0 Å². The molecule has 0 amide bonds. The molecule has 0 bridgehead atoms. The summed E-state index contributed by atoms with van der Waals surface area (Å²) in [6.07, 6.45) is 3.55. The Balaban J connectivity index is 2.18. The van der Waals surface area contributed by atoms with Gasteiger partial charge in [0.05, 0.1) is 5.69 Å². The first-order valence-electron chi connectivity index (χ1n) is 6.95. The number of hydrogen-bond acceptors (Lipinski definition) is 2. The number of hydrogen-bond donors (Lipinski definition) is 2. The van der Waals surface area contributed by atoms with Gasteiger partial charge in [0.1, 0.15) is 0 Å². The first-order chi connectivity index (χ1) is 10.2. The van der Waals surface area contributed by atoms with Crippen molar-refractivity contribution in [3.8, 4) is 0 Å². The number of aromatic nitrogens is 1. The third-order valence-corrected chi connectivity index (χ3v) is 3.75. The van der Waals surface area contributed by atoms with Crippen molar-refractivity contribution in [3.05, 3.63) is 52.8 Å². The molecule has 0 aliphatic carbocycles. The second-order valence-corrected chi connectivity index (χ2v) is 5.35. The molecule has 0 radical (unpaired) electrons. The molecule has 0 spiro atoms. The third-order valence-electron chi connectivity index (χ3n) is 3.24. The monoisotopic (exact) mass is 319 g/mol. The fraction of sp³-hybridized carbons (Fsp3) is 0.250. The number of rotatable bonds is 4. The molecule has 110 valence electrons. The highest BCUT2D eigenvalue weighted by atomic mass is 35.5. The summed E-state index contributed by atoms with van der Waals surface area (Å²) >= 11 is 11.4. The van der Waals surface area contributed by atoms with Gasteiger partial charge in [0.2, 0.25) is 0 Å². The Kier molecular flexibility index (Phi) is 5.53. The van der Waals surface area contributed by atoms with E-state index in [1.54, 1.807) is 6.20 Å². The van der Waals surface area contributed by atoms with Crippen molar-refractivity contribution in [1.29, 1.82) is 0 Å². The van der Waals surface area contributed by atoms with Crippen LogP contribution in [0.2, 0.25) is 5.15 Å². The molecule has 2 N–H and O–H groups in total. The van der Waals surface area contributed by atoms with Gasteiger partial charge >= 0.3 is 0 Å². The second kappa shape index (κ2) is 7.38. The minimum atomic E-state index is 0.404. The van der Waals surface area contributed by atoms with Crippen LogP contribution in [0, 0.1) is 0 Å². The smallest absolute Gasteiger partial charge is 0.175 e. The molecule has 0 aliphatic heterocycles. The Morgan fingerprint density at radius 3 is 2.33 bits per heavy atom. The number of pyridine rings is 1. The Labute approximate surface area is 135 Å². The zero-order valence-electron chi connectivity index (χ0n) is 12.1. The zero-order chi connectivity index (χ0) is 15.2. The predicted molar refractivity (Wildman–Crippen MR) is 94.3 cm³/mol. The molecule has 0 unspecified atom stereocenters. The van der Waals surface area contributed by atoms with E-state index in [9.17, 15) is 0 Å². The van der Waals surface area contributed by atoms with Crippen LogP contribution in [0.1, 0.15) is 25.0 Å². The SMILES string of the molecule is CCc1cccc(CC)c1NC(=S)Nc1cccnc1Cl. The number of nitrogens with zero attached hydrogens (tertiary/aromatic N) is 1. The Bertz CT molecular complexity index is 621. The van der Waals surface area contributed by atoms with Crippen LogP contribution < -0.4 is 10.6 Å². The van der Waals surface area contributed by atoms with Gasteiger partial charge < -0.3 is 10.6 Å². The molecule has 21 heavy (non-hydrogen) atoms. The van der Waals surface area contributed by atoms with Crippen molar-refractivity contribution in [2.75, 3.05) is 10.6 Å². The van der Waals surface area contributed by atoms with E-state index >= 15 is 0 Å². The average molecular weight is 320 g/mol. The lowest BCUT2D eigenvalue weighted by molar-refractivity contribution is 1.09. The maximum atomic E-state index is 6.03. The Hall–Kier alpha value is -1.65. The molecular weight excluding hydrogens is 302 g/mol. The lowest BCUT2D eigenvalue weighted by Crippen LogP contribution is -2.21. The summed E-state index contributed by atoms with van der Waals surface area (Å²) in [5.41, 5.74) is 4.27. The van der Waals surface area contributed by atoms with Gasteiger partial charge in [-0.3, -0.25) is 0 Å². The van der Waals surface area contributed by atoms with E-state index in [0.29, 0.717) is 16.0 Å². The summed E-state index contributed by atoms with van der Waals surface area (Å²) in [5, 5.41) is 7.30. The van der Waals surface area contributed by atoms with Crippen LogP contribution in [0.15, 0.2) is 36.5 Å². The number of thiocarbonyl (C=S) groups is 1. The highest BCUT2D eigenvalue weighted by Gasteiger charge is 2.09. The second-order valence-electron chi connectivity index (χ2n) is 4.58. The van der Waals surface area contributed by atoms with E-state index in [1.165, 1.54) is 11.1 Å². The number of para-hydroxylation sites is 1. The molecule has 2 aromatic rings. The van der Waals surface area contributed by atoms with Crippen molar-refractivity contribution < 1.29 is 0 Å². The molecule has 0 saturated carbocycles. The van der Waals surface area contributed by atoms with E-state index in [1.807, 2.05) is 12.1 Å². The molecule has 0 saturated heterocycles. The van der Waals surface area contributed by atoms with E-state index < -0.39 is 0 Å². The Morgan fingerprint density at radius 2 is 1.76 bits per heavy atom. The van der Waals surface area contributed by atoms with Crippen LogP contribution in [0.5, 0.6) is 0 Å². The predicted octanol–water partition coefficient (Wildman–Crippen LogP) is 4.67. The van der Waals surface area contributed by atoms with Crippen LogP contribution in [0.25, 0.3) is 0 Å². The average Bonchev–Trinajstić information content (AvgIpc) is 2.49. The lowest BCUT2D eigenvalue weighted by atomic mass is 10.0. The number of benzene rings is 1. The maximum absolute atomic E-state index is 6.03. The molecule has 2 rings (SSSR count). The summed E-state index contributed by atoms with van der Waals surface area (Å²) in [5.74, 6) is 0. The molecule has 0 aliphatic rings. The van der Waals surface area contributed by atoms with Gasteiger partial charge in [-0.25, -0.2) is 4.98 Å². The van der Waals surface area contributed by atoms with E-state index in [4.69, 9.17) is 23.8 Å². The van der Waals surface area contributed by atoms with Gasteiger partial charge in [-0.2, -0.15) is 0 Å². The van der Waals surface area contributed by atoms with Gasteiger partial charge in [0, 0.05) is 11.9 Å². The fourth-order valence-electron chi connectivity index (χ4n) is 2.15. The molecular formula is C16H18ClN3S. The number of anilines is 2. The van der Waals surface area contributed by atoms with Gasteiger partial charge in [-0.1, -0.05) is 43.6 Å². The first kappa shape index (κ1) is 15.7. The first-order valence-corrected chi connectivity index (χ1v) is 7.73. The minimum absolute atomic E-state index is 0.404. The Morgan fingerprint density at radius 1 is 1.10 bits per heavy atom. The van der Waals surface area contributed by atoms with Gasteiger partial charge in [0.15, 0.2) is 10.3 Å². The van der Waals surface area contributed by atoms with Crippen molar-refractivity contribution in [1.82, 2.24) is 4.98 Å². The van der Waals surface area contributed by atoms with Crippen molar-refractivity contribution >= 4 is 40.3 Å². The van der Waals surface area contributed by atoms with Crippen LogP contribution in [-0.4, -0.2) is 10.1 Å². The van der Waals surface area contributed by atoms with Crippen molar-refractivity contribution in [3.63, 3.8) is 0 Å². The summed E-state index contributed by atoms with van der Waals surface area (Å²) in [7, 11) is 0. The minimum Gasteiger partial charge on any atom is -0.332 e. The fourth-order valence-corrected chi connectivity index (χ4v) is 2.53. The standard InChI is InChI=1S/C16H18ClN3S/c1-3-11-7-5-8-12(4-2)14(11)20-16(21)19-13-9-6-10-18-15(13)17/h5-10H,3-4H2,1-2H3,(H2,19,20,21). The molecule has 5 heteroatoms. The molecule has 0 atom stereocenters. The van der Waals surface area contributed by atoms with E-state index in [2.05, 4.69) is 47.7 Å². The molecule has 3 nitrogen and oxygen atoms in total. The lowest BCUT2D eigenvalue weighted by Gasteiger charge is -2.17. The van der Waals surface area contributed by atoms with Crippen LogP contribution in [0.4, 0.5) is 11.4 Å². The zero-order valence-corrected chi connectivity index (χ0v) is 13.7. The van der Waals surface area contributed by atoms with Crippen LogP contribution in [-0.2, 0) is 12.8 Å². The normalized spacial score (nSPS) is 10.2. The van der Waals surface area contributed by atoms with E-state index in [0.717, 1.165) is 18.5 Å². The van der Waals surface area contributed by atoms with Crippen LogP contribution in [0.3, 0.4) is 0 Å². The quantitative estimate of drug-likeness (QED) is 0.634. The molecule has 0 fully saturated rings. The maximum Gasteiger partial charge on any atom is 0.175 e. The number of aryl methyl sites for hydroxylation is 2. The summed E-state index contributed by atoms with van der Waals surface area (Å²) < 4.78 is 0. The summed E-state index contributed by atoms with van der Waals surface area (Å²) in [6, 6.07) is 9.96. The molecule has 1 heterocycles. The molecule has 1 aromatic carbocycles.